The summed E-state index contributed by atoms with van der Waals surface area (Å²) in [6, 6.07) is 1.97. The Hall–Kier alpha value is -1.20. The van der Waals surface area contributed by atoms with Gasteiger partial charge in [0.15, 0.2) is 0 Å². The first-order valence-electron chi connectivity index (χ1n) is 7.34. The number of alkyl halides is 1. The van der Waals surface area contributed by atoms with Crippen molar-refractivity contribution >= 4 is 11.6 Å². The zero-order valence-electron chi connectivity index (χ0n) is 12.2. The number of halogens is 1. The van der Waals surface area contributed by atoms with Gasteiger partial charge in [-0.1, -0.05) is 25.7 Å². The highest BCUT2D eigenvalue weighted by atomic mass is 35.5. The molecule has 2 nitrogen and oxygen atoms in total. The highest BCUT2D eigenvalue weighted by molar-refractivity contribution is 6.18. The summed E-state index contributed by atoms with van der Waals surface area (Å²) >= 11 is 5.61. The van der Waals surface area contributed by atoms with Crippen LogP contribution in [0.25, 0.3) is 0 Å². The molecule has 0 saturated heterocycles. The van der Waals surface area contributed by atoms with E-state index >= 15 is 0 Å². The van der Waals surface area contributed by atoms with Crippen LogP contribution in [0.5, 0.6) is 5.75 Å². The van der Waals surface area contributed by atoms with Crippen molar-refractivity contribution in [3.63, 3.8) is 0 Å². The van der Waals surface area contributed by atoms with Gasteiger partial charge >= 0.3 is 0 Å². The molecule has 1 aliphatic rings. The molecule has 1 saturated carbocycles. The number of pyridine rings is 1. The van der Waals surface area contributed by atoms with Crippen molar-refractivity contribution in [1.82, 2.24) is 4.98 Å². The summed E-state index contributed by atoms with van der Waals surface area (Å²) in [6.45, 7) is 4.61. The zero-order valence-corrected chi connectivity index (χ0v) is 13.0. The van der Waals surface area contributed by atoms with Crippen molar-refractivity contribution in [3.05, 3.63) is 24.0 Å². The van der Waals surface area contributed by atoms with Crippen molar-refractivity contribution in [2.45, 2.75) is 45.6 Å². The first-order chi connectivity index (χ1) is 9.67. The second-order valence-corrected chi connectivity index (χ2v) is 6.19. The molecule has 2 unspecified atom stereocenters. The van der Waals surface area contributed by atoms with E-state index in [1.165, 1.54) is 6.42 Å². The van der Waals surface area contributed by atoms with E-state index in [0.29, 0.717) is 18.4 Å². The number of nitrogens with zero attached hydrogens (tertiary/aromatic N) is 1. The lowest BCUT2D eigenvalue weighted by molar-refractivity contribution is 0.101. The van der Waals surface area contributed by atoms with Crippen LogP contribution < -0.4 is 4.74 Å². The van der Waals surface area contributed by atoms with Crippen molar-refractivity contribution in [3.8, 4) is 17.6 Å². The minimum absolute atomic E-state index is 0.307. The molecule has 0 amide bonds. The van der Waals surface area contributed by atoms with Crippen LogP contribution in [0.2, 0.25) is 0 Å². The van der Waals surface area contributed by atoms with Crippen LogP contribution in [0.4, 0.5) is 0 Å². The molecule has 108 valence electrons. The second kappa shape index (κ2) is 7.55. The molecule has 0 aromatic carbocycles. The van der Waals surface area contributed by atoms with E-state index in [4.69, 9.17) is 16.3 Å². The van der Waals surface area contributed by atoms with E-state index in [-0.39, 0.29) is 0 Å². The van der Waals surface area contributed by atoms with E-state index in [2.05, 4.69) is 30.7 Å². The molecular weight excluding hydrogens is 270 g/mol. The highest BCUT2D eigenvalue weighted by Crippen LogP contribution is 2.31. The van der Waals surface area contributed by atoms with Crippen molar-refractivity contribution in [2.24, 2.45) is 11.8 Å². The third-order valence-corrected chi connectivity index (χ3v) is 3.79. The molecule has 1 aromatic rings. The van der Waals surface area contributed by atoms with Crippen LogP contribution in [0.1, 0.15) is 45.1 Å². The van der Waals surface area contributed by atoms with E-state index in [1.54, 1.807) is 12.4 Å². The molecule has 1 heterocycles. The van der Waals surface area contributed by atoms with Crippen molar-refractivity contribution in [2.75, 3.05) is 5.88 Å². The summed E-state index contributed by atoms with van der Waals surface area (Å²) < 4.78 is 6.09. The maximum atomic E-state index is 6.09. The lowest BCUT2D eigenvalue weighted by Gasteiger charge is -2.31. The van der Waals surface area contributed by atoms with Gasteiger partial charge in [0.05, 0.1) is 12.3 Å². The van der Waals surface area contributed by atoms with Gasteiger partial charge in [0, 0.05) is 24.1 Å². The summed E-state index contributed by atoms with van der Waals surface area (Å²) in [7, 11) is 0. The van der Waals surface area contributed by atoms with Gasteiger partial charge in [-0.15, -0.1) is 11.6 Å². The van der Waals surface area contributed by atoms with Gasteiger partial charge in [-0.05, 0) is 37.2 Å². The summed E-state index contributed by atoms with van der Waals surface area (Å²) in [4.78, 5) is 4.21. The quantitative estimate of drug-likeness (QED) is 0.613. The van der Waals surface area contributed by atoms with E-state index in [1.807, 2.05) is 6.07 Å². The third-order valence-electron chi connectivity index (χ3n) is 3.60. The van der Waals surface area contributed by atoms with Crippen LogP contribution in [0.3, 0.4) is 0 Å². The summed E-state index contributed by atoms with van der Waals surface area (Å²) in [6.07, 6.45) is 8.11. The van der Waals surface area contributed by atoms with Gasteiger partial charge < -0.3 is 4.74 Å². The highest BCUT2D eigenvalue weighted by Gasteiger charge is 2.25. The average molecular weight is 292 g/mol. The predicted octanol–water partition coefficient (Wildman–Crippen LogP) is 4.27. The van der Waals surface area contributed by atoms with Gasteiger partial charge in [0.25, 0.3) is 0 Å². The number of hydrogen-bond acceptors (Lipinski definition) is 2. The normalized spacial score (nSPS) is 25.6. The standard InChI is InChI=1S/C17H22ClNO/c1-13-7-14(2)9-16(8-13)20-17-10-15(11-19-12-17)5-3-4-6-18/h10-14,16H,4,6-9H2,1-2H3. The van der Waals surface area contributed by atoms with Crippen LogP contribution in [0, 0.1) is 23.7 Å². The minimum atomic E-state index is 0.307. The van der Waals surface area contributed by atoms with E-state index in [0.717, 1.165) is 36.0 Å². The number of hydrogen-bond donors (Lipinski definition) is 0. The smallest absolute Gasteiger partial charge is 0.139 e. The minimum Gasteiger partial charge on any atom is -0.489 e. The molecule has 0 N–H and O–H groups in total. The molecule has 1 aromatic heterocycles. The summed E-state index contributed by atoms with van der Waals surface area (Å²) in [5.41, 5.74) is 0.893. The Morgan fingerprint density at radius 1 is 1.25 bits per heavy atom. The molecule has 3 heteroatoms. The third kappa shape index (κ3) is 4.72. The molecule has 0 bridgehead atoms. The Balaban J connectivity index is 1.99. The van der Waals surface area contributed by atoms with Crippen LogP contribution >= 0.6 is 11.6 Å². The summed E-state index contributed by atoms with van der Waals surface area (Å²) in [5.74, 6) is 8.95. The fourth-order valence-electron chi connectivity index (χ4n) is 2.93. The summed E-state index contributed by atoms with van der Waals surface area (Å²) in [5, 5.41) is 0. The van der Waals surface area contributed by atoms with Gasteiger partial charge in [0.1, 0.15) is 5.75 Å². The van der Waals surface area contributed by atoms with Crippen molar-refractivity contribution in [1.29, 1.82) is 0 Å². The fraction of sp³-hybridized carbons (Fsp3) is 0.588. The topological polar surface area (TPSA) is 22.1 Å². The van der Waals surface area contributed by atoms with Gasteiger partial charge in [-0.25, -0.2) is 0 Å². The molecule has 20 heavy (non-hydrogen) atoms. The SMILES string of the molecule is CC1CC(C)CC(Oc2cncc(C#CCCCl)c2)C1. The van der Waals surface area contributed by atoms with Crippen LogP contribution in [0.15, 0.2) is 18.5 Å². The zero-order chi connectivity index (χ0) is 14.4. The average Bonchev–Trinajstić information content (AvgIpc) is 2.38. The first-order valence-corrected chi connectivity index (χ1v) is 7.87. The molecule has 0 spiro atoms. The molecule has 2 rings (SSSR count). The maximum Gasteiger partial charge on any atom is 0.139 e. The molecule has 2 atom stereocenters. The molecule has 0 radical (unpaired) electrons. The van der Waals surface area contributed by atoms with Gasteiger partial charge in [0.2, 0.25) is 0 Å². The van der Waals surface area contributed by atoms with Gasteiger partial charge in [-0.3, -0.25) is 4.98 Å². The largest absolute Gasteiger partial charge is 0.489 e. The molecule has 0 aliphatic heterocycles. The Morgan fingerprint density at radius 2 is 2.00 bits per heavy atom. The molecular formula is C17H22ClNO. The predicted molar refractivity (Wildman–Crippen MR) is 83.0 cm³/mol. The lowest BCUT2D eigenvalue weighted by atomic mass is 9.82. The fourth-order valence-corrected chi connectivity index (χ4v) is 3.02. The Labute approximate surface area is 126 Å². The number of aromatic nitrogens is 1. The van der Waals surface area contributed by atoms with Crippen LogP contribution in [-0.4, -0.2) is 17.0 Å². The number of ether oxygens (including phenoxy) is 1. The monoisotopic (exact) mass is 291 g/mol. The van der Waals surface area contributed by atoms with E-state index in [9.17, 15) is 0 Å². The second-order valence-electron chi connectivity index (χ2n) is 5.81. The Morgan fingerprint density at radius 3 is 2.70 bits per heavy atom. The Kier molecular flexibility index (Phi) is 5.73. The van der Waals surface area contributed by atoms with Crippen LogP contribution in [-0.2, 0) is 0 Å². The number of rotatable bonds is 3. The molecule has 1 fully saturated rings. The van der Waals surface area contributed by atoms with Gasteiger partial charge in [-0.2, -0.15) is 0 Å². The van der Waals surface area contributed by atoms with Crippen molar-refractivity contribution < 1.29 is 4.74 Å². The first kappa shape index (κ1) is 15.2. The Bertz CT molecular complexity index is 481. The van der Waals surface area contributed by atoms with E-state index < -0.39 is 0 Å². The molecule has 1 aliphatic carbocycles. The lowest BCUT2D eigenvalue weighted by Crippen LogP contribution is -2.28. The maximum absolute atomic E-state index is 6.09.